The van der Waals surface area contributed by atoms with E-state index in [1.165, 1.54) is 11.8 Å². The molecule has 2 aliphatic rings. The van der Waals surface area contributed by atoms with E-state index in [0.29, 0.717) is 27.3 Å². The molecule has 6 nitrogen and oxygen atoms in total. The number of hydrogen-bond acceptors (Lipinski definition) is 7. The topological polar surface area (TPSA) is 51.2 Å². The van der Waals surface area contributed by atoms with Gasteiger partial charge in [-0.1, -0.05) is 36.1 Å². The minimum absolute atomic E-state index is 0.00789. The molecule has 0 aliphatic carbocycles. The molecule has 2 fully saturated rings. The molecular weight excluding hydrogens is 396 g/mol. The van der Waals surface area contributed by atoms with Gasteiger partial charge in [0.1, 0.15) is 4.32 Å². The summed E-state index contributed by atoms with van der Waals surface area (Å²) >= 11 is 6.79. The maximum absolute atomic E-state index is 12.9. The average molecular weight is 423 g/mol. The first-order valence-electron chi connectivity index (χ1n) is 9.38. The zero-order valence-corrected chi connectivity index (χ0v) is 18.1. The molecule has 0 aromatic heterocycles. The fraction of sp³-hybridized carbons (Fsp3) is 0.500. The summed E-state index contributed by atoms with van der Waals surface area (Å²) in [6, 6.07) is 5.65. The van der Waals surface area contributed by atoms with Gasteiger partial charge in [-0.05, 0) is 26.0 Å². The highest BCUT2D eigenvalue weighted by molar-refractivity contribution is 8.26. The van der Waals surface area contributed by atoms with E-state index >= 15 is 0 Å². The number of para-hydroxylation sites is 1. The molecule has 0 spiro atoms. The second-order valence-corrected chi connectivity index (χ2v) is 8.51. The van der Waals surface area contributed by atoms with E-state index in [9.17, 15) is 4.79 Å². The number of benzene rings is 1. The molecule has 0 bridgehead atoms. The van der Waals surface area contributed by atoms with Gasteiger partial charge in [0.15, 0.2) is 11.5 Å². The van der Waals surface area contributed by atoms with Gasteiger partial charge in [-0.15, -0.1) is 0 Å². The van der Waals surface area contributed by atoms with E-state index in [0.717, 1.165) is 38.4 Å². The van der Waals surface area contributed by atoms with Crippen LogP contribution in [0.4, 0.5) is 0 Å². The van der Waals surface area contributed by atoms with E-state index in [4.69, 9.17) is 26.4 Å². The van der Waals surface area contributed by atoms with Gasteiger partial charge in [-0.2, -0.15) is 0 Å². The molecule has 28 heavy (non-hydrogen) atoms. The van der Waals surface area contributed by atoms with Crippen molar-refractivity contribution in [3.05, 3.63) is 28.7 Å². The van der Waals surface area contributed by atoms with E-state index in [2.05, 4.69) is 4.90 Å². The van der Waals surface area contributed by atoms with E-state index < -0.39 is 0 Å². The van der Waals surface area contributed by atoms with Crippen molar-refractivity contribution in [2.24, 2.45) is 0 Å². The standard InChI is InChI=1S/C20H26N2O4S2/c1-14(2)26-18-15(5-4-6-16(18)24-3)13-17-19(23)22(20(27)28-17)8-7-21-9-11-25-12-10-21/h4-6,13-14H,7-12H2,1-3H3/b17-13-. The lowest BCUT2D eigenvalue weighted by atomic mass is 10.1. The van der Waals surface area contributed by atoms with Gasteiger partial charge >= 0.3 is 0 Å². The smallest absolute Gasteiger partial charge is 0.266 e. The second kappa shape index (κ2) is 9.73. The Morgan fingerprint density at radius 1 is 1.29 bits per heavy atom. The first-order valence-corrected chi connectivity index (χ1v) is 10.6. The summed E-state index contributed by atoms with van der Waals surface area (Å²) in [6.07, 6.45) is 1.83. The number of ether oxygens (including phenoxy) is 3. The molecular formula is C20H26N2O4S2. The molecule has 0 unspecified atom stereocenters. The summed E-state index contributed by atoms with van der Waals surface area (Å²) < 4.78 is 17.3. The van der Waals surface area contributed by atoms with Crippen molar-refractivity contribution >= 4 is 40.3 Å². The van der Waals surface area contributed by atoms with Crippen molar-refractivity contribution in [3.63, 3.8) is 0 Å². The molecule has 0 radical (unpaired) electrons. The molecule has 2 aliphatic heterocycles. The molecule has 0 atom stereocenters. The number of amides is 1. The van der Waals surface area contributed by atoms with Crippen molar-refractivity contribution in [3.8, 4) is 11.5 Å². The maximum Gasteiger partial charge on any atom is 0.266 e. The van der Waals surface area contributed by atoms with Crippen LogP contribution in [0.2, 0.25) is 0 Å². The number of thioether (sulfide) groups is 1. The third-order valence-corrected chi connectivity index (χ3v) is 5.86. The summed E-state index contributed by atoms with van der Waals surface area (Å²) in [5.41, 5.74) is 0.807. The fourth-order valence-electron chi connectivity index (χ4n) is 3.07. The molecule has 1 aromatic rings. The molecule has 2 heterocycles. The van der Waals surface area contributed by atoms with Gasteiger partial charge in [-0.25, -0.2) is 0 Å². The Balaban J connectivity index is 1.76. The van der Waals surface area contributed by atoms with Crippen LogP contribution in [0, 0.1) is 0 Å². The first kappa shape index (κ1) is 21.1. The van der Waals surface area contributed by atoms with Crippen LogP contribution in [-0.4, -0.2) is 72.6 Å². The average Bonchev–Trinajstić information content (AvgIpc) is 2.95. The number of thiocarbonyl (C=S) groups is 1. The Labute approximate surface area is 175 Å². The third-order valence-electron chi connectivity index (χ3n) is 4.49. The van der Waals surface area contributed by atoms with Crippen LogP contribution in [0.25, 0.3) is 6.08 Å². The van der Waals surface area contributed by atoms with Crippen LogP contribution in [0.1, 0.15) is 19.4 Å². The number of rotatable bonds is 7. The zero-order valence-electron chi connectivity index (χ0n) is 16.5. The Hall–Kier alpha value is -1.61. The molecule has 152 valence electrons. The molecule has 0 N–H and O–H groups in total. The lowest BCUT2D eigenvalue weighted by Gasteiger charge is -2.28. The zero-order chi connectivity index (χ0) is 20.1. The number of carbonyl (C=O) groups is 1. The van der Waals surface area contributed by atoms with Crippen molar-refractivity contribution in [1.82, 2.24) is 9.80 Å². The first-order chi connectivity index (χ1) is 13.5. The van der Waals surface area contributed by atoms with Crippen LogP contribution in [0.3, 0.4) is 0 Å². The van der Waals surface area contributed by atoms with Gasteiger partial charge in [0, 0.05) is 31.7 Å². The van der Waals surface area contributed by atoms with Crippen LogP contribution in [-0.2, 0) is 9.53 Å². The number of morpholine rings is 1. The minimum atomic E-state index is -0.0541. The third kappa shape index (κ3) is 5.05. The van der Waals surface area contributed by atoms with Gasteiger partial charge in [0.2, 0.25) is 0 Å². The lowest BCUT2D eigenvalue weighted by Crippen LogP contribution is -2.42. The predicted molar refractivity (Wildman–Crippen MR) is 116 cm³/mol. The highest BCUT2D eigenvalue weighted by Gasteiger charge is 2.32. The van der Waals surface area contributed by atoms with Crippen LogP contribution in [0.5, 0.6) is 11.5 Å². The quantitative estimate of drug-likeness (QED) is 0.494. The van der Waals surface area contributed by atoms with Gasteiger partial charge in [0.25, 0.3) is 5.91 Å². The summed E-state index contributed by atoms with van der Waals surface area (Å²) in [5.74, 6) is 1.23. The van der Waals surface area contributed by atoms with E-state index in [1.807, 2.05) is 38.1 Å². The van der Waals surface area contributed by atoms with Crippen molar-refractivity contribution in [1.29, 1.82) is 0 Å². The van der Waals surface area contributed by atoms with Crippen molar-refractivity contribution < 1.29 is 19.0 Å². The highest BCUT2D eigenvalue weighted by Crippen LogP contribution is 2.37. The Morgan fingerprint density at radius 3 is 2.71 bits per heavy atom. The largest absolute Gasteiger partial charge is 0.493 e. The van der Waals surface area contributed by atoms with Crippen LogP contribution < -0.4 is 9.47 Å². The van der Waals surface area contributed by atoms with Crippen LogP contribution >= 0.6 is 24.0 Å². The molecule has 8 heteroatoms. The van der Waals surface area contributed by atoms with E-state index in [1.54, 1.807) is 12.0 Å². The van der Waals surface area contributed by atoms with Crippen LogP contribution in [0.15, 0.2) is 23.1 Å². The number of nitrogens with zero attached hydrogens (tertiary/aromatic N) is 2. The highest BCUT2D eigenvalue weighted by atomic mass is 32.2. The summed E-state index contributed by atoms with van der Waals surface area (Å²) in [5, 5.41) is 0. The summed E-state index contributed by atoms with van der Waals surface area (Å²) in [6.45, 7) is 8.58. The van der Waals surface area contributed by atoms with Gasteiger partial charge < -0.3 is 14.2 Å². The summed E-state index contributed by atoms with van der Waals surface area (Å²) in [4.78, 5) is 17.5. The fourth-order valence-corrected chi connectivity index (χ4v) is 4.37. The Kier molecular flexibility index (Phi) is 7.34. The number of methoxy groups -OCH3 is 1. The monoisotopic (exact) mass is 422 g/mol. The summed E-state index contributed by atoms with van der Waals surface area (Å²) in [7, 11) is 1.61. The maximum atomic E-state index is 12.9. The molecule has 0 saturated carbocycles. The Morgan fingerprint density at radius 2 is 2.04 bits per heavy atom. The predicted octanol–water partition coefficient (Wildman–Crippen LogP) is 3.02. The second-order valence-electron chi connectivity index (χ2n) is 6.83. The van der Waals surface area contributed by atoms with Crippen molar-refractivity contribution in [2.75, 3.05) is 46.5 Å². The lowest BCUT2D eigenvalue weighted by molar-refractivity contribution is -0.122. The molecule has 1 amide bonds. The van der Waals surface area contributed by atoms with Gasteiger partial charge in [0.05, 0.1) is 31.3 Å². The van der Waals surface area contributed by atoms with Crippen molar-refractivity contribution in [2.45, 2.75) is 20.0 Å². The van der Waals surface area contributed by atoms with E-state index in [-0.39, 0.29) is 12.0 Å². The molecule has 1 aromatic carbocycles. The normalized spacial score (nSPS) is 19.7. The Bertz CT molecular complexity index is 761. The molecule has 2 saturated heterocycles. The number of carbonyl (C=O) groups excluding carboxylic acids is 1. The molecule has 3 rings (SSSR count). The SMILES string of the molecule is COc1cccc(/C=C2\SC(=S)N(CCN3CCOCC3)C2=O)c1OC(C)C. The van der Waals surface area contributed by atoms with Gasteiger partial charge in [-0.3, -0.25) is 14.6 Å². The number of hydrogen-bond donors (Lipinski definition) is 0. The minimum Gasteiger partial charge on any atom is -0.493 e.